The normalized spacial score (nSPS) is 11.6. The van der Waals surface area contributed by atoms with Crippen molar-refractivity contribution < 1.29 is 22.5 Å². The van der Waals surface area contributed by atoms with Crippen molar-refractivity contribution in [2.45, 2.75) is 25.9 Å². The van der Waals surface area contributed by atoms with Crippen LogP contribution in [0.5, 0.6) is 0 Å². The first kappa shape index (κ1) is 21.7. The van der Waals surface area contributed by atoms with E-state index in [1.807, 2.05) is 0 Å². The zero-order valence-corrected chi connectivity index (χ0v) is 17.6. The summed E-state index contributed by atoms with van der Waals surface area (Å²) in [6.45, 7) is 2.03. The minimum absolute atomic E-state index is 0.139. The van der Waals surface area contributed by atoms with Gasteiger partial charge < -0.3 is 9.84 Å². The van der Waals surface area contributed by atoms with Crippen LogP contribution in [0.3, 0.4) is 0 Å². The molecule has 0 saturated heterocycles. The predicted molar refractivity (Wildman–Crippen MR) is 109 cm³/mol. The molecule has 1 N–H and O–H groups in total. The highest BCUT2D eigenvalue weighted by molar-refractivity contribution is 7.13. The zero-order valence-electron chi connectivity index (χ0n) is 16.8. The maximum absolute atomic E-state index is 13.2. The standard InChI is InChI=1S/C20H17F3N6O2S/c1-12-25-16(31-28-12)8-3-9-24-19(30)17-26-18(15-7-4-10-32-15)29(27-17)14-6-2-5-13(11-14)20(21,22)23/h2,4-7,10-11H,3,8-9H2,1H3,(H,24,30). The quantitative estimate of drug-likeness (QED) is 0.416. The smallest absolute Gasteiger partial charge is 0.349 e. The molecule has 0 aliphatic heterocycles. The maximum atomic E-state index is 13.2. The Morgan fingerprint density at radius 1 is 1.22 bits per heavy atom. The van der Waals surface area contributed by atoms with Gasteiger partial charge in [0.25, 0.3) is 5.91 Å². The Balaban J connectivity index is 1.54. The molecule has 8 nitrogen and oxygen atoms in total. The number of nitrogens with one attached hydrogen (secondary N) is 1. The molecule has 0 bridgehead atoms. The molecule has 3 heterocycles. The fraction of sp³-hybridized carbons (Fsp3) is 0.250. The topological polar surface area (TPSA) is 98.7 Å². The van der Waals surface area contributed by atoms with Crippen LogP contribution in [0, 0.1) is 6.92 Å². The van der Waals surface area contributed by atoms with E-state index >= 15 is 0 Å². The van der Waals surface area contributed by atoms with Gasteiger partial charge in [0.15, 0.2) is 11.6 Å². The van der Waals surface area contributed by atoms with Gasteiger partial charge in [0, 0.05) is 13.0 Å². The molecule has 3 aromatic heterocycles. The molecule has 166 valence electrons. The summed E-state index contributed by atoms with van der Waals surface area (Å²) >= 11 is 1.34. The summed E-state index contributed by atoms with van der Waals surface area (Å²) in [6, 6.07) is 8.26. The van der Waals surface area contributed by atoms with Crippen LogP contribution < -0.4 is 5.32 Å². The molecule has 12 heteroatoms. The first-order valence-corrected chi connectivity index (χ1v) is 10.4. The van der Waals surface area contributed by atoms with E-state index in [4.69, 9.17) is 4.52 Å². The number of aryl methyl sites for hydroxylation is 2. The minimum atomic E-state index is -4.50. The first-order valence-electron chi connectivity index (χ1n) is 9.57. The molecule has 32 heavy (non-hydrogen) atoms. The molecule has 0 saturated carbocycles. The summed E-state index contributed by atoms with van der Waals surface area (Å²) in [7, 11) is 0. The Bertz CT molecular complexity index is 1220. The van der Waals surface area contributed by atoms with Crippen LogP contribution in [0.25, 0.3) is 16.4 Å². The van der Waals surface area contributed by atoms with E-state index in [1.165, 1.54) is 28.2 Å². The third-order valence-electron chi connectivity index (χ3n) is 4.39. The lowest BCUT2D eigenvalue weighted by molar-refractivity contribution is -0.137. The number of hydrogen-bond donors (Lipinski definition) is 1. The molecule has 0 radical (unpaired) electrons. The van der Waals surface area contributed by atoms with Gasteiger partial charge in [-0.2, -0.15) is 18.2 Å². The lowest BCUT2D eigenvalue weighted by Gasteiger charge is -2.09. The third kappa shape index (κ3) is 4.85. The van der Waals surface area contributed by atoms with E-state index in [9.17, 15) is 18.0 Å². The number of aromatic nitrogens is 5. The van der Waals surface area contributed by atoms with Crippen LogP contribution in [-0.2, 0) is 12.6 Å². The second kappa shape index (κ2) is 8.91. The Kier molecular flexibility index (Phi) is 6.04. The van der Waals surface area contributed by atoms with Crippen LogP contribution in [0.15, 0.2) is 46.3 Å². The van der Waals surface area contributed by atoms with Gasteiger partial charge in [-0.3, -0.25) is 4.79 Å². The van der Waals surface area contributed by atoms with Crippen molar-refractivity contribution in [3.05, 3.63) is 64.9 Å². The van der Waals surface area contributed by atoms with Crippen molar-refractivity contribution in [2.75, 3.05) is 6.54 Å². The number of nitrogens with zero attached hydrogens (tertiary/aromatic N) is 5. The van der Waals surface area contributed by atoms with Crippen molar-refractivity contribution in [2.24, 2.45) is 0 Å². The average molecular weight is 462 g/mol. The first-order chi connectivity index (χ1) is 15.3. The lowest BCUT2D eigenvalue weighted by atomic mass is 10.2. The molecular formula is C20H17F3N6O2S. The lowest BCUT2D eigenvalue weighted by Crippen LogP contribution is -2.26. The molecule has 4 aromatic rings. The van der Waals surface area contributed by atoms with Gasteiger partial charge in [-0.05, 0) is 43.0 Å². The molecule has 0 fully saturated rings. The van der Waals surface area contributed by atoms with Crippen LogP contribution in [0.4, 0.5) is 13.2 Å². The predicted octanol–water partition coefficient (Wildman–Crippen LogP) is 4.07. The number of carbonyl (C=O) groups is 1. The largest absolute Gasteiger partial charge is 0.416 e. The highest BCUT2D eigenvalue weighted by Gasteiger charge is 2.31. The number of benzene rings is 1. The summed E-state index contributed by atoms with van der Waals surface area (Å²) in [6.07, 6.45) is -3.45. The Hall–Kier alpha value is -3.54. The zero-order chi connectivity index (χ0) is 22.7. The summed E-state index contributed by atoms with van der Waals surface area (Å²) in [5, 5.41) is 12.4. The van der Waals surface area contributed by atoms with E-state index in [-0.39, 0.29) is 17.3 Å². The highest BCUT2D eigenvalue weighted by Crippen LogP contribution is 2.32. The number of thiophene rings is 1. The average Bonchev–Trinajstić information content (AvgIpc) is 3.51. The number of halogens is 3. The van der Waals surface area contributed by atoms with E-state index in [1.54, 1.807) is 24.4 Å². The molecule has 0 aliphatic rings. The summed E-state index contributed by atoms with van der Waals surface area (Å²) < 4.78 is 45.8. The number of amides is 1. The van der Waals surface area contributed by atoms with Crippen LogP contribution in [0.2, 0.25) is 0 Å². The van der Waals surface area contributed by atoms with Gasteiger partial charge in [0.05, 0.1) is 16.1 Å². The van der Waals surface area contributed by atoms with Gasteiger partial charge >= 0.3 is 6.18 Å². The van der Waals surface area contributed by atoms with Crippen LogP contribution in [-0.4, -0.2) is 37.4 Å². The number of alkyl halides is 3. The molecule has 0 spiro atoms. The van der Waals surface area contributed by atoms with E-state index < -0.39 is 17.6 Å². The van der Waals surface area contributed by atoms with Gasteiger partial charge in [-0.25, -0.2) is 9.67 Å². The second-order valence-electron chi connectivity index (χ2n) is 6.79. The molecule has 0 unspecified atom stereocenters. The van der Waals surface area contributed by atoms with Crippen molar-refractivity contribution in [1.82, 2.24) is 30.2 Å². The van der Waals surface area contributed by atoms with Crippen molar-refractivity contribution >= 4 is 17.2 Å². The monoisotopic (exact) mass is 462 g/mol. The number of carbonyl (C=O) groups excluding carboxylic acids is 1. The van der Waals surface area contributed by atoms with Gasteiger partial charge in [-0.15, -0.1) is 16.4 Å². The maximum Gasteiger partial charge on any atom is 0.416 e. The second-order valence-corrected chi connectivity index (χ2v) is 7.74. The number of hydrogen-bond acceptors (Lipinski definition) is 7. The van der Waals surface area contributed by atoms with Crippen molar-refractivity contribution in [3.63, 3.8) is 0 Å². The molecular weight excluding hydrogens is 445 g/mol. The van der Waals surface area contributed by atoms with E-state index in [0.717, 1.165) is 12.1 Å². The van der Waals surface area contributed by atoms with Crippen LogP contribution in [0.1, 0.15) is 34.3 Å². The molecule has 1 amide bonds. The van der Waals surface area contributed by atoms with Gasteiger partial charge in [0.2, 0.25) is 11.7 Å². The fourth-order valence-electron chi connectivity index (χ4n) is 2.93. The van der Waals surface area contributed by atoms with E-state index in [0.29, 0.717) is 36.0 Å². The van der Waals surface area contributed by atoms with Crippen LogP contribution >= 0.6 is 11.3 Å². The van der Waals surface area contributed by atoms with Gasteiger partial charge in [-0.1, -0.05) is 17.3 Å². The summed E-state index contributed by atoms with van der Waals surface area (Å²) in [4.78, 5) is 21.6. The Morgan fingerprint density at radius 2 is 2.06 bits per heavy atom. The fourth-order valence-corrected chi connectivity index (χ4v) is 3.63. The third-order valence-corrected chi connectivity index (χ3v) is 5.26. The van der Waals surface area contributed by atoms with Gasteiger partial charge in [0.1, 0.15) is 0 Å². The summed E-state index contributed by atoms with van der Waals surface area (Å²) in [5.41, 5.74) is -0.661. The van der Waals surface area contributed by atoms with Crippen molar-refractivity contribution in [3.8, 4) is 16.4 Å². The molecule has 0 atom stereocenters. The molecule has 4 rings (SSSR count). The molecule has 0 aliphatic carbocycles. The Labute approximate surface area is 184 Å². The highest BCUT2D eigenvalue weighted by atomic mass is 32.1. The minimum Gasteiger partial charge on any atom is -0.349 e. The molecule has 1 aromatic carbocycles. The Morgan fingerprint density at radius 3 is 2.75 bits per heavy atom. The van der Waals surface area contributed by atoms with Crippen molar-refractivity contribution in [1.29, 1.82) is 0 Å². The summed E-state index contributed by atoms with van der Waals surface area (Å²) in [5.74, 6) is 0.624. The van der Waals surface area contributed by atoms with E-state index in [2.05, 4.69) is 25.5 Å². The SMILES string of the molecule is Cc1noc(CCCNC(=O)c2nc(-c3cccs3)n(-c3cccc(C(F)(F)F)c3)n2)n1. The number of rotatable bonds is 7.